The second kappa shape index (κ2) is 4.33. The molecule has 3 nitrogen and oxygen atoms in total. The van der Waals surface area contributed by atoms with Crippen molar-refractivity contribution < 1.29 is 9.53 Å². The molecule has 0 atom stereocenters. The van der Waals surface area contributed by atoms with Crippen molar-refractivity contribution in [1.82, 2.24) is 0 Å². The SMILES string of the molecule is COc1c(C)cc(Cl)cc1NC(C)=O. The van der Waals surface area contributed by atoms with E-state index < -0.39 is 0 Å². The summed E-state index contributed by atoms with van der Waals surface area (Å²) in [7, 11) is 1.56. The van der Waals surface area contributed by atoms with Crippen LogP contribution < -0.4 is 10.1 Å². The van der Waals surface area contributed by atoms with Gasteiger partial charge in [0.15, 0.2) is 0 Å². The van der Waals surface area contributed by atoms with Crippen LogP contribution in [0.5, 0.6) is 5.75 Å². The number of hydrogen-bond donors (Lipinski definition) is 1. The Kier molecular flexibility index (Phi) is 3.36. The fourth-order valence-corrected chi connectivity index (χ4v) is 1.56. The van der Waals surface area contributed by atoms with E-state index in [1.165, 1.54) is 6.92 Å². The number of rotatable bonds is 2. The lowest BCUT2D eigenvalue weighted by Gasteiger charge is -2.11. The molecule has 1 aromatic rings. The molecule has 0 aliphatic rings. The highest BCUT2D eigenvalue weighted by Crippen LogP contribution is 2.31. The molecule has 14 heavy (non-hydrogen) atoms. The molecule has 0 saturated heterocycles. The minimum absolute atomic E-state index is 0.148. The number of aryl methyl sites for hydroxylation is 1. The molecule has 4 heteroatoms. The number of carbonyl (C=O) groups excluding carboxylic acids is 1. The van der Waals surface area contributed by atoms with Gasteiger partial charge >= 0.3 is 0 Å². The number of ether oxygens (including phenoxy) is 1. The van der Waals surface area contributed by atoms with E-state index in [-0.39, 0.29) is 5.91 Å². The van der Waals surface area contributed by atoms with Crippen molar-refractivity contribution in [2.75, 3.05) is 12.4 Å². The molecule has 0 aliphatic carbocycles. The van der Waals surface area contributed by atoms with E-state index in [0.717, 1.165) is 5.56 Å². The van der Waals surface area contributed by atoms with Gasteiger partial charge in [-0.3, -0.25) is 4.79 Å². The lowest BCUT2D eigenvalue weighted by atomic mass is 10.2. The van der Waals surface area contributed by atoms with Crippen molar-refractivity contribution in [3.05, 3.63) is 22.7 Å². The minimum Gasteiger partial charge on any atom is -0.494 e. The van der Waals surface area contributed by atoms with Gasteiger partial charge < -0.3 is 10.1 Å². The molecule has 0 aliphatic heterocycles. The summed E-state index contributed by atoms with van der Waals surface area (Å²) in [6.45, 7) is 3.31. The second-order valence-electron chi connectivity index (χ2n) is 2.98. The van der Waals surface area contributed by atoms with E-state index >= 15 is 0 Å². The molecule has 0 saturated carbocycles. The highest BCUT2D eigenvalue weighted by molar-refractivity contribution is 6.31. The van der Waals surface area contributed by atoms with E-state index in [9.17, 15) is 4.79 Å². The largest absolute Gasteiger partial charge is 0.494 e. The first-order valence-corrected chi connectivity index (χ1v) is 4.54. The van der Waals surface area contributed by atoms with Gasteiger partial charge in [-0.05, 0) is 24.6 Å². The van der Waals surface area contributed by atoms with Gasteiger partial charge in [0.05, 0.1) is 12.8 Å². The van der Waals surface area contributed by atoms with Crippen molar-refractivity contribution in [2.45, 2.75) is 13.8 Å². The molecule has 0 radical (unpaired) electrons. The predicted molar refractivity (Wildman–Crippen MR) is 57.0 cm³/mol. The minimum atomic E-state index is -0.148. The van der Waals surface area contributed by atoms with Gasteiger partial charge in [-0.25, -0.2) is 0 Å². The Morgan fingerprint density at radius 3 is 2.64 bits per heavy atom. The van der Waals surface area contributed by atoms with Crippen LogP contribution in [0.1, 0.15) is 12.5 Å². The van der Waals surface area contributed by atoms with Crippen LogP contribution in [-0.4, -0.2) is 13.0 Å². The van der Waals surface area contributed by atoms with Gasteiger partial charge in [-0.15, -0.1) is 0 Å². The summed E-state index contributed by atoms with van der Waals surface area (Å²) >= 11 is 5.86. The van der Waals surface area contributed by atoms with Gasteiger partial charge in [-0.2, -0.15) is 0 Å². The summed E-state index contributed by atoms with van der Waals surface area (Å²) in [6.07, 6.45) is 0. The van der Waals surface area contributed by atoms with Crippen LogP contribution >= 0.6 is 11.6 Å². The molecule has 1 aromatic carbocycles. The average Bonchev–Trinajstić information content (AvgIpc) is 2.01. The summed E-state index contributed by atoms with van der Waals surface area (Å²) in [6, 6.07) is 3.44. The highest BCUT2D eigenvalue weighted by atomic mass is 35.5. The van der Waals surface area contributed by atoms with Crippen molar-refractivity contribution in [3.8, 4) is 5.75 Å². The topological polar surface area (TPSA) is 38.3 Å². The molecule has 0 bridgehead atoms. The van der Waals surface area contributed by atoms with Crippen molar-refractivity contribution in [3.63, 3.8) is 0 Å². The van der Waals surface area contributed by atoms with Crippen LogP contribution in [0.4, 0.5) is 5.69 Å². The molecule has 1 rings (SSSR count). The summed E-state index contributed by atoms with van der Waals surface area (Å²) in [5.74, 6) is 0.495. The number of halogens is 1. The number of benzene rings is 1. The zero-order valence-electron chi connectivity index (χ0n) is 8.35. The Labute approximate surface area is 88.0 Å². The van der Waals surface area contributed by atoms with E-state index in [0.29, 0.717) is 16.5 Å². The van der Waals surface area contributed by atoms with Crippen molar-refractivity contribution >= 4 is 23.2 Å². The lowest BCUT2D eigenvalue weighted by Crippen LogP contribution is -2.07. The average molecular weight is 214 g/mol. The Hall–Kier alpha value is -1.22. The summed E-state index contributed by atoms with van der Waals surface area (Å²) in [5.41, 5.74) is 1.49. The van der Waals surface area contributed by atoms with Crippen LogP contribution in [0.3, 0.4) is 0 Å². The third-order valence-corrected chi connectivity index (χ3v) is 1.97. The molecule has 0 unspecified atom stereocenters. The maximum atomic E-state index is 10.9. The third-order valence-electron chi connectivity index (χ3n) is 1.75. The van der Waals surface area contributed by atoms with E-state index in [1.807, 2.05) is 6.92 Å². The maximum absolute atomic E-state index is 10.9. The quantitative estimate of drug-likeness (QED) is 0.820. The number of carbonyl (C=O) groups is 1. The van der Waals surface area contributed by atoms with Gasteiger partial charge in [0, 0.05) is 11.9 Å². The van der Waals surface area contributed by atoms with Crippen LogP contribution in [0, 0.1) is 6.92 Å². The van der Waals surface area contributed by atoms with Crippen LogP contribution in [-0.2, 0) is 4.79 Å². The van der Waals surface area contributed by atoms with Crippen LogP contribution in [0.2, 0.25) is 5.02 Å². The Morgan fingerprint density at radius 1 is 1.50 bits per heavy atom. The molecular weight excluding hydrogens is 202 g/mol. The predicted octanol–water partition coefficient (Wildman–Crippen LogP) is 2.62. The zero-order chi connectivity index (χ0) is 10.7. The van der Waals surface area contributed by atoms with E-state index in [1.54, 1.807) is 19.2 Å². The second-order valence-corrected chi connectivity index (χ2v) is 3.42. The molecule has 1 N–H and O–H groups in total. The van der Waals surface area contributed by atoms with Crippen molar-refractivity contribution in [2.24, 2.45) is 0 Å². The van der Waals surface area contributed by atoms with E-state index in [4.69, 9.17) is 16.3 Å². The number of amides is 1. The van der Waals surface area contributed by atoms with Crippen molar-refractivity contribution in [1.29, 1.82) is 0 Å². The molecule has 0 aromatic heterocycles. The standard InChI is InChI=1S/C10H12ClNO2/c1-6-4-8(11)5-9(10(6)14-3)12-7(2)13/h4-5H,1-3H3,(H,12,13). The lowest BCUT2D eigenvalue weighted by molar-refractivity contribution is -0.114. The Balaban J connectivity index is 3.17. The first-order valence-electron chi connectivity index (χ1n) is 4.16. The molecule has 0 fully saturated rings. The summed E-state index contributed by atoms with van der Waals surface area (Å²) in [4.78, 5) is 10.9. The van der Waals surface area contributed by atoms with Crippen LogP contribution in [0.25, 0.3) is 0 Å². The van der Waals surface area contributed by atoms with Crippen LogP contribution in [0.15, 0.2) is 12.1 Å². The van der Waals surface area contributed by atoms with E-state index in [2.05, 4.69) is 5.32 Å². The van der Waals surface area contributed by atoms with Gasteiger partial charge in [0.25, 0.3) is 0 Å². The Morgan fingerprint density at radius 2 is 2.14 bits per heavy atom. The fourth-order valence-electron chi connectivity index (χ4n) is 1.28. The first-order chi connectivity index (χ1) is 6.54. The number of nitrogens with one attached hydrogen (secondary N) is 1. The molecule has 0 heterocycles. The van der Waals surface area contributed by atoms with Gasteiger partial charge in [0.1, 0.15) is 5.75 Å². The smallest absolute Gasteiger partial charge is 0.221 e. The summed E-state index contributed by atoms with van der Waals surface area (Å²) < 4.78 is 5.16. The number of methoxy groups -OCH3 is 1. The number of anilines is 1. The monoisotopic (exact) mass is 213 g/mol. The normalized spacial score (nSPS) is 9.71. The highest BCUT2D eigenvalue weighted by Gasteiger charge is 2.08. The maximum Gasteiger partial charge on any atom is 0.221 e. The molecule has 76 valence electrons. The fraction of sp³-hybridized carbons (Fsp3) is 0.300. The first kappa shape index (κ1) is 10.9. The van der Waals surface area contributed by atoms with Gasteiger partial charge in [-0.1, -0.05) is 11.6 Å². The third kappa shape index (κ3) is 2.39. The zero-order valence-corrected chi connectivity index (χ0v) is 9.11. The molecule has 1 amide bonds. The molecule has 0 spiro atoms. The Bertz CT molecular complexity index is 363. The number of hydrogen-bond acceptors (Lipinski definition) is 2. The summed E-state index contributed by atoms with van der Waals surface area (Å²) in [5, 5.41) is 3.23. The molecular formula is C10H12ClNO2. The van der Waals surface area contributed by atoms with Gasteiger partial charge in [0.2, 0.25) is 5.91 Å².